The molecule has 0 saturated carbocycles. The van der Waals surface area contributed by atoms with Crippen LogP contribution in [0.3, 0.4) is 0 Å². The summed E-state index contributed by atoms with van der Waals surface area (Å²) in [6, 6.07) is 7.41. The Bertz CT molecular complexity index is 483. The summed E-state index contributed by atoms with van der Waals surface area (Å²) in [5, 5.41) is 3.46. The van der Waals surface area contributed by atoms with Crippen molar-refractivity contribution in [2.75, 3.05) is 11.9 Å². The predicted molar refractivity (Wildman–Crippen MR) is 84.5 cm³/mol. The summed E-state index contributed by atoms with van der Waals surface area (Å²) in [6.07, 6.45) is 4.61. The summed E-state index contributed by atoms with van der Waals surface area (Å²) in [5.74, 6) is 0. The van der Waals surface area contributed by atoms with E-state index in [9.17, 15) is 8.42 Å². The second-order valence-corrected chi connectivity index (χ2v) is 6.68. The van der Waals surface area contributed by atoms with E-state index in [1.54, 1.807) is 19.1 Å². The van der Waals surface area contributed by atoms with Gasteiger partial charge in [0.25, 0.3) is 0 Å². The molecule has 2 N–H and O–H groups in total. The number of hydrogen-bond acceptors (Lipinski definition) is 3. The molecule has 5 heteroatoms. The highest BCUT2D eigenvalue weighted by molar-refractivity contribution is 7.89. The Labute approximate surface area is 123 Å². The molecule has 0 aliphatic carbocycles. The molecule has 0 radical (unpaired) electrons. The van der Waals surface area contributed by atoms with Gasteiger partial charge in [-0.25, -0.2) is 13.1 Å². The summed E-state index contributed by atoms with van der Waals surface area (Å²) in [5.41, 5.74) is 0.975. The summed E-state index contributed by atoms with van der Waals surface area (Å²) in [6.45, 7) is 6.52. The van der Waals surface area contributed by atoms with E-state index in [-0.39, 0.29) is 0 Å². The van der Waals surface area contributed by atoms with E-state index in [4.69, 9.17) is 0 Å². The van der Waals surface area contributed by atoms with E-state index in [0.29, 0.717) is 17.5 Å². The third kappa shape index (κ3) is 5.13. The quantitative estimate of drug-likeness (QED) is 0.735. The van der Waals surface area contributed by atoms with E-state index in [2.05, 4.69) is 23.9 Å². The first-order valence-corrected chi connectivity index (χ1v) is 8.88. The van der Waals surface area contributed by atoms with Crippen LogP contribution in [0.1, 0.15) is 46.5 Å². The van der Waals surface area contributed by atoms with Crippen molar-refractivity contribution >= 4 is 15.7 Å². The molecule has 1 rings (SSSR count). The third-order valence-corrected chi connectivity index (χ3v) is 4.83. The summed E-state index contributed by atoms with van der Waals surface area (Å²) in [4.78, 5) is 0.312. The molecule has 1 unspecified atom stereocenters. The molecule has 0 heterocycles. The SMILES string of the molecule is CCCCC(CC)Nc1ccc(S(=O)(=O)NCC)cc1. The van der Waals surface area contributed by atoms with E-state index in [1.165, 1.54) is 12.8 Å². The molecular formula is C15H26N2O2S. The molecule has 0 spiro atoms. The number of hydrogen-bond donors (Lipinski definition) is 2. The lowest BCUT2D eigenvalue weighted by atomic mass is 10.1. The molecule has 0 amide bonds. The Morgan fingerprint density at radius 2 is 1.75 bits per heavy atom. The standard InChI is InChI=1S/C15H26N2O2S/c1-4-7-8-13(5-2)17-14-9-11-15(12-10-14)20(18,19)16-6-3/h9-13,16-17H,4-8H2,1-3H3. The van der Waals surface area contributed by atoms with E-state index < -0.39 is 10.0 Å². The minimum Gasteiger partial charge on any atom is -0.382 e. The molecular weight excluding hydrogens is 272 g/mol. The minimum atomic E-state index is -3.35. The highest BCUT2D eigenvalue weighted by Crippen LogP contribution is 2.17. The molecule has 1 atom stereocenters. The van der Waals surface area contributed by atoms with Gasteiger partial charge in [0.05, 0.1) is 4.90 Å². The number of rotatable bonds is 9. The number of sulfonamides is 1. The van der Waals surface area contributed by atoms with Crippen LogP contribution in [0.5, 0.6) is 0 Å². The van der Waals surface area contributed by atoms with Gasteiger partial charge >= 0.3 is 0 Å². The third-order valence-electron chi connectivity index (χ3n) is 3.27. The molecule has 4 nitrogen and oxygen atoms in total. The molecule has 0 saturated heterocycles. The molecule has 0 aromatic heterocycles. The average Bonchev–Trinajstić information content (AvgIpc) is 2.44. The van der Waals surface area contributed by atoms with Crippen LogP contribution in [0.15, 0.2) is 29.2 Å². The Balaban J connectivity index is 2.71. The van der Waals surface area contributed by atoms with Crippen LogP contribution in [0, 0.1) is 0 Å². The Morgan fingerprint density at radius 3 is 2.25 bits per heavy atom. The Morgan fingerprint density at radius 1 is 1.10 bits per heavy atom. The molecule has 0 aliphatic heterocycles. The molecule has 0 bridgehead atoms. The maximum atomic E-state index is 11.8. The van der Waals surface area contributed by atoms with Crippen molar-refractivity contribution in [1.82, 2.24) is 4.72 Å². The number of nitrogens with one attached hydrogen (secondary N) is 2. The summed E-state index contributed by atoms with van der Waals surface area (Å²) < 4.78 is 26.2. The topological polar surface area (TPSA) is 58.2 Å². The lowest BCUT2D eigenvalue weighted by Gasteiger charge is -2.18. The zero-order valence-electron chi connectivity index (χ0n) is 12.6. The van der Waals surface area contributed by atoms with Crippen LogP contribution in [-0.4, -0.2) is 21.0 Å². The molecule has 1 aromatic rings. The normalized spacial score (nSPS) is 13.2. The van der Waals surface area contributed by atoms with Gasteiger partial charge in [-0.15, -0.1) is 0 Å². The van der Waals surface area contributed by atoms with Gasteiger partial charge in [-0.1, -0.05) is 33.6 Å². The van der Waals surface area contributed by atoms with Crippen LogP contribution in [-0.2, 0) is 10.0 Å². The van der Waals surface area contributed by atoms with Gasteiger partial charge in [0.1, 0.15) is 0 Å². The lowest BCUT2D eigenvalue weighted by molar-refractivity contribution is 0.584. The fourth-order valence-corrected chi connectivity index (χ4v) is 3.11. The summed E-state index contributed by atoms with van der Waals surface area (Å²) in [7, 11) is -3.35. The van der Waals surface area contributed by atoms with E-state index in [0.717, 1.165) is 18.5 Å². The van der Waals surface area contributed by atoms with Gasteiger partial charge in [0.2, 0.25) is 10.0 Å². The van der Waals surface area contributed by atoms with Crippen molar-refractivity contribution in [2.45, 2.75) is 57.4 Å². The largest absolute Gasteiger partial charge is 0.382 e. The number of benzene rings is 1. The Hall–Kier alpha value is -1.07. The van der Waals surface area contributed by atoms with Crippen LogP contribution in [0.25, 0.3) is 0 Å². The zero-order valence-corrected chi connectivity index (χ0v) is 13.5. The van der Waals surface area contributed by atoms with Crippen molar-refractivity contribution in [3.8, 4) is 0 Å². The Kier molecular flexibility index (Phi) is 7.02. The van der Waals surface area contributed by atoms with E-state index >= 15 is 0 Å². The highest BCUT2D eigenvalue weighted by Gasteiger charge is 2.12. The van der Waals surface area contributed by atoms with Gasteiger partial charge in [0.15, 0.2) is 0 Å². The molecule has 0 fully saturated rings. The number of unbranched alkanes of at least 4 members (excludes halogenated alkanes) is 1. The molecule has 1 aromatic carbocycles. The average molecular weight is 298 g/mol. The van der Waals surface area contributed by atoms with Crippen LogP contribution in [0.2, 0.25) is 0 Å². The van der Waals surface area contributed by atoms with Gasteiger partial charge in [-0.3, -0.25) is 0 Å². The van der Waals surface area contributed by atoms with Crippen molar-refractivity contribution in [3.63, 3.8) is 0 Å². The lowest BCUT2D eigenvalue weighted by Crippen LogP contribution is -2.23. The first-order valence-electron chi connectivity index (χ1n) is 7.39. The van der Waals surface area contributed by atoms with Crippen molar-refractivity contribution in [3.05, 3.63) is 24.3 Å². The predicted octanol–water partition coefficient (Wildman–Crippen LogP) is 3.37. The first-order chi connectivity index (χ1) is 9.53. The van der Waals surface area contributed by atoms with Crippen molar-refractivity contribution in [1.29, 1.82) is 0 Å². The maximum absolute atomic E-state index is 11.8. The minimum absolute atomic E-state index is 0.312. The highest BCUT2D eigenvalue weighted by atomic mass is 32.2. The first kappa shape index (κ1) is 17.0. The van der Waals surface area contributed by atoms with Gasteiger partial charge < -0.3 is 5.32 Å². The fraction of sp³-hybridized carbons (Fsp3) is 0.600. The van der Waals surface area contributed by atoms with Gasteiger partial charge in [-0.2, -0.15) is 0 Å². The van der Waals surface area contributed by atoms with Gasteiger partial charge in [-0.05, 0) is 37.1 Å². The number of anilines is 1. The maximum Gasteiger partial charge on any atom is 0.240 e. The van der Waals surface area contributed by atoms with E-state index in [1.807, 2.05) is 12.1 Å². The summed E-state index contributed by atoms with van der Waals surface area (Å²) >= 11 is 0. The fourth-order valence-electron chi connectivity index (χ4n) is 2.07. The van der Waals surface area contributed by atoms with Crippen molar-refractivity contribution < 1.29 is 8.42 Å². The van der Waals surface area contributed by atoms with Crippen molar-refractivity contribution in [2.24, 2.45) is 0 Å². The van der Waals surface area contributed by atoms with Crippen LogP contribution >= 0.6 is 0 Å². The van der Waals surface area contributed by atoms with Crippen LogP contribution < -0.4 is 10.0 Å². The zero-order chi connectivity index (χ0) is 15.0. The molecule has 0 aliphatic rings. The molecule has 114 valence electrons. The second-order valence-electron chi connectivity index (χ2n) is 4.92. The molecule has 20 heavy (non-hydrogen) atoms. The van der Waals surface area contributed by atoms with Crippen LogP contribution in [0.4, 0.5) is 5.69 Å². The second kappa shape index (κ2) is 8.27. The monoisotopic (exact) mass is 298 g/mol. The smallest absolute Gasteiger partial charge is 0.240 e. The van der Waals surface area contributed by atoms with Gasteiger partial charge in [0, 0.05) is 18.3 Å².